The number of amides is 4. The van der Waals surface area contributed by atoms with E-state index in [4.69, 9.17) is 0 Å². The molecule has 2 aromatic carbocycles. The van der Waals surface area contributed by atoms with Crippen LogP contribution >= 0.6 is 0 Å². The number of hydrogen-bond donors (Lipinski definition) is 6. The number of rotatable bonds is 23. The molecule has 0 unspecified atom stereocenters. The van der Waals surface area contributed by atoms with Crippen molar-refractivity contribution in [2.75, 3.05) is 0 Å². The summed E-state index contributed by atoms with van der Waals surface area (Å²) in [6.07, 6.45) is 17.3. The van der Waals surface area contributed by atoms with Gasteiger partial charge in [-0.05, 0) is 73.9 Å². The zero-order chi connectivity index (χ0) is 36.8. The van der Waals surface area contributed by atoms with Crippen molar-refractivity contribution in [1.29, 1.82) is 0 Å². The molecular weight excluding hydrogens is 632 g/mol. The monoisotopic (exact) mass is 694 g/mol. The highest BCUT2D eigenvalue weighted by molar-refractivity contribution is 6.07. The molecule has 0 aliphatic heterocycles. The molecule has 10 nitrogen and oxygen atoms in total. The third-order valence-corrected chi connectivity index (χ3v) is 9.51. The summed E-state index contributed by atoms with van der Waals surface area (Å²) in [4.78, 5) is 53.8. The first-order valence-corrected chi connectivity index (χ1v) is 19.0. The fourth-order valence-electron chi connectivity index (χ4n) is 6.17. The van der Waals surface area contributed by atoms with Gasteiger partial charge in [0.15, 0.2) is 0 Å². The molecule has 0 aliphatic rings. The van der Waals surface area contributed by atoms with Gasteiger partial charge < -0.3 is 10.2 Å². The molecular formula is C40H62N4O6. The summed E-state index contributed by atoms with van der Waals surface area (Å²) >= 11 is 0. The van der Waals surface area contributed by atoms with Crippen molar-refractivity contribution in [3.05, 3.63) is 58.7 Å². The number of aromatic hydroxyl groups is 2. The Hall–Kier alpha value is -4.08. The minimum absolute atomic E-state index is 0.0257. The van der Waals surface area contributed by atoms with E-state index >= 15 is 0 Å². The summed E-state index contributed by atoms with van der Waals surface area (Å²) < 4.78 is 0. The van der Waals surface area contributed by atoms with Gasteiger partial charge in [0.25, 0.3) is 23.6 Å². The van der Waals surface area contributed by atoms with Gasteiger partial charge in [0.05, 0.1) is 11.1 Å². The van der Waals surface area contributed by atoms with E-state index in [-0.39, 0.29) is 35.5 Å². The van der Waals surface area contributed by atoms with E-state index in [0.29, 0.717) is 6.42 Å². The van der Waals surface area contributed by atoms with Crippen LogP contribution in [0.1, 0.15) is 169 Å². The number of phenols is 2. The van der Waals surface area contributed by atoms with Gasteiger partial charge in [0.1, 0.15) is 16.9 Å². The first-order valence-electron chi connectivity index (χ1n) is 19.0. The molecule has 0 spiro atoms. The van der Waals surface area contributed by atoms with Crippen LogP contribution in [0.25, 0.3) is 0 Å². The van der Waals surface area contributed by atoms with Crippen LogP contribution in [0.15, 0.2) is 36.4 Å². The van der Waals surface area contributed by atoms with Crippen LogP contribution in [0.3, 0.4) is 0 Å². The van der Waals surface area contributed by atoms with Gasteiger partial charge in [-0.1, -0.05) is 123 Å². The third-order valence-electron chi connectivity index (χ3n) is 9.51. The lowest BCUT2D eigenvalue weighted by Crippen LogP contribution is -2.58. The number of benzene rings is 2. The fourth-order valence-corrected chi connectivity index (χ4v) is 6.17. The van der Waals surface area contributed by atoms with Crippen molar-refractivity contribution in [2.24, 2.45) is 5.41 Å². The zero-order valence-corrected chi connectivity index (χ0v) is 30.9. The van der Waals surface area contributed by atoms with Crippen LogP contribution in [0.5, 0.6) is 11.5 Å². The molecule has 0 saturated heterocycles. The largest absolute Gasteiger partial charge is 0.507 e. The van der Waals surface area contributed by atoms with Crippen LogP contribution in [-0.2, 0) is 22.4 Å². The zero-order valence-electron chi connectivity index (χ0n) is 30.9. The molecule has 10 heteroatoms. The number of carbonyl (C=O) groups is 4. The average Bonchev–Trinajstić information content (AvgIpc) is 3.12. The molecule has 50 heavy (non-hydrogen) atoms. The summed E-state index contributed by atoms with van der Waals surface area (Å²) in [6, 6.07) is 9.76. The molecule has 0 atom stereocenters. The standard InChI is InChI=1S/C40H62N4O6/c1-5-9-12-15-18-21-30-23-25-34(45)32(28-30)36(47)41-43-38(49)40(8-4,27-20-17-14-11-7-3)39(50)44-42-37(48)33-29-31(24-26-35(33)46)22-19-16-13-10-6-2/h23-26,28-29,45-46H,5-22,27H2,1-4H3,(H,41,47)(H,42,48)(H,43,49)(H,44,50). The van der Waals surface area contributed by atoms with Crippen LogP contribution in [0.4, 0.5) is 0 Å². The first kappa shape index (κ1) is 42.1. The Labute approximate surface area is 299 Å². The van der Waals surface area contributed by atoms with E-state index in [2.05, 4.69) is 42.5 Å². The van der Waals surface area contributed by atoms with E-state index in [9.17, 15) is 29.4 Å². The van der Waals surface area contributed by atoms with E-state index in [1.807, 2.05) is 0 Å². The third kappa shape index (κ3) is 13.7. The van der Waals surface area contributed by atoms with Crippen LogP contribution < -0.4 is 21.7 Å². The van der Waals surface area contributed by atoms with Crippen LogP contribution in [0, 0.1) is 5.41 Å². The van der Waals surface area contributed by atoms with Crippen molar-refractivity contribution >= 4 is 23.6 Å². The normalized spacial score (nSPS) is 11.2. The highest BCUT2D eigenvalue weighted by Gasteiger charge is 2.44. The lowest BCUT2D eigenvalue weighted by Gasteiger charge is -2.30. The minimum atomic E-state index is -1.61. The van der Waals surface area contributed by atoms with Crippen LogP contribution in [-0.4, -0.2) is 33.8 Å². The van der Waals surface area contributed by atoms with Crippen molar-refractivity contribution in [3.8, 4) is 11.5 Å². The molecule has 0 saturated carbocycles. The number of carbonyl (C=O) groups excluding carboxylic acids is 4. The summed E-state index contributed by atoms with van der Waals surface area (Å²) in [5, 5.41) is 20.8. The van der Waals surface area contributed by atoms with E-state index in [0.717, 1.165) is 101 Å². The molecule has 0 aliphatic carbocycles. The molecule has 4 amide bonds. The summed E-state index contributed by atoms with van der Waals surface area (Å²) in [5.74, 6) is -3.29. The smallest absolute Gasteiger partial charge is 0.273 e. The maximum Gasteiger partial charge on any atom is 0.273 e. The molecule has 278 valence electrons. The molecule has 0 radical (unpaired) electrons. The molecule has 0 heterocycles. The van der Waals surface area contributed by atoms with Crippen molar-refractivity contribution in [2.45, 2.75) is 150 Å². The topological polar surface area (TPSA) is 157 Å². The number of hydrazine groups is 2. The number of aryl methyl sites for hydroxylation is 2. The van der Waals surface area contributed by atoms with E-state index < -0.39 is 29.0 Å². The Balaban J connectivity index is 2.14. The average molecular weight is 695 g/mol. The van der Waals surface area contributed by atoms with Gasteiger partial charge in [-0.2, -0.15) is 0 Å². The van der Waals surface area contributed by atoms with Crippen molar-refractivity contribution in [1.82, 2.24) is 21.7 Å². The fraction of sp³-hybridized carbons (Fsp3) is 0.600. The van der Waals surface area contributed by atoms with Crippen molar-refractivity contribution < 1.29 is 29.4 Å². The summed E-state index contributed by atoms with van der Waals surface area (Å²) in [5.41, 5.74) is 9.88. The molecule has 6 N–H and O–H groups in total. The number of hydrogen-bond acceptors (Lipinski definition) is 6. The lowest BCUT2D eigenvalue weighted by molar-refractivity contribution is -0.145. The Bertz CT molecular complexity index is 1270. The molecule has 0 bridgehead atoms. The second-order valence-electron chi connectivity index (χ2n) is 13.4. The quantitative estimate of drug-likeness (QED) is 0.0392. The second-order valence-corrected chi connectivity index (χ2v) is 13.4. The second kappa shape index (κ2) is 23.3. The highest BCUT2D eigenvalue weighted by Crippen LogP contribution is 2.31. The van der Waals surface area contributed by atoms with Gasteiger partial charge in [-0.15, -0.1) is 0 Å². The van der Waals surface area contributed by atoms with Gasteiger partial charge in [0.2, 0.25) is 0 Å². The Morgan fingerprint density at radius 1 is 0.520 bits per heavy atom. The number of phenolic OH excluding ortho intramolecular Hbond substituents is 2. The molecule has 2 rings (SSSR count). The van der Waals surface area contributed by atoms with Gasteiger partial charge in [-0.3, -0.25) is 40.9 Å². The SMILES string of the molecule is CCCCCCCc1ccc(O)c(C(=O)NNC(=O)C(CC)(CCCCCCC)C(=O)NNC(=O)c2cc(CCCCCCC)ccc2O)c1. The van der Waals surface area contributed by atoms with Crippen molar-refractivity contribution in [3.63, 3.8) is 0 Å². The Kier molecular flexibility index (Phi) is 19.7. The van der Waals surface area contributed by atoms with Gasteiger partial charge >= 0.3 is 0 Å². The van der Waals surface area contributed by atoms with E-state index in [1.54, 1.807) is 31.2 Å². The maximum atomic E-state index is 13.8. The molecule has 2 aromatic rings. The summed E-state index contributed by atoms with van der Waals surface area (Å²) in [6.45, 7) is 8.14. The molecule has 0 aromatic heterocycles. The number of unbranched alkanes of at least 4 members (excludes halogenated alkanes) is 12. The maximum absolute atomic E-state index is 13.8. The van der Waals surface area contributed by atoms with Crippen LogP contribution in [0.2, 0.25) is 0 Å². The Morgan fingerprint density at radius 2 is 0.900 bits per heavy atom. The highest BCUT2D eigenvalue weighted by atomic mass is 16.3. The predicted octanol–water partition coefficient (Wildman–Crippen LogP) is 8.10. The van der Waals surface area contributed by atoms with Gasteiger partial charge in [0, 0.05) is 0 Å². The lowest BCUT2D eigenvalue weighted by atomic mass is 9.78. The number of nitrogens with one attached hydrogen (secondary N) is 4. The minimum Gasteiger partial charge on any atom is -0.507 e. The van der Waals surface area contributed by atoms with E-state index in [1.165, 1.54) is 25.0 Å². The first-order chi connectivity index (χ1) is 24.1. The Morgan fingerprint density at radius 3 is 1.28 bits per heavy atom. The predicted molar refractivity (Wildman–Crippen MR) is 198 cm³/mol. The summed E-state index contributed by atoms with van der Waals surface area (Å²) in [7, 11) is 0. The molecule has 0 fully saturated rings. The van der Waals surface area contributed by atoms with Gasteiger partial charge in [-0.25, -0.2) is 0 Å².